The molecule has 1 atom stereocenters. The van der Waals surface area contributed by atoms with Crippen molar-refractivity contribution in [3.05, 3.63) is 75.5 Å². The van der Waals surface area contributed by atoms with E-state index >= 15 is 0 Å². The van der Waals surface area contributed by atoms with E-state index in [0.717, 1.165) is 21.2 Å². The van der Waals surface area contributed by atoms with Gasteiger partial charge in [0.2, 0.25) is 0 Å². The van der Waals surface area contributed by atoms with Gasteiger partial charge in [0.1, 0.15) is 5.76 Å². The molecule has 1 aromatic heterocycles. The molecular formula is C24H24N2O3S. The Morgan fingerprint density at radius 1 is 1.10 bits per heavy atom. The average molecular weight is 421 g/mol. The fraction of sp³-hybridized carbons (Fsp3) is 0.250. The van der Waals surface area contributed by atoms with Crippen LogP contribution in [0.25, 0.3) is 16.5 Å². The molecule has 2 heterocycles. The Kier molecular flexibility index (Phi) is 5.45. The molecule has 6 heteroatoms. The molecule has 0 radical (unpaired) electrons. The van der Waals surface area contributed by atoms with Crippen molar-refractivity contribution in [2.24, 2.45) is 0 Å². The molecule has 3 aromatic rings. The number of carbonyl (C=O) groups is 2. The van der Waals surface area contributed by atoms with Gasteiger partial charge < -0.3 is 14.9 Å². The first kappa shape index (κ1) is 20.3. The number of ketones is 1. The minimum absolute atomic E-state index is 0.121. The Balaban J connectivity index is 1.86. The van der Waals surface area contributed by atoms with Crippen LogP contribution in [0.1, 0.15) is 22.0 Å². The Labute approximate surface area is 179 Å². The number of hydrogen-bond acceptors (Lipinski definition) is 5. The van der Waals surface area contributed by atoms with E-state index < -0.39 is 17.7 Å². The van der Waals surface area contributed by atoms with Crippen LogP contribution in [-0.2, 0) is 9.59 Å². The van der Waals surface area contributed by atoms with Crippen LogP contribution < -0.4 is 0 Å². The maximum absolute atomic E-state index is 13.0. The molecule has 2 aromatic carbocycles. The number of thiophene rings is 1. The van der Waals surface area contributed by atoms with Gasteiger partial charge in [-0.05, 0) is 54.9 Å². The van der Waals surface area contributed by atoms with Crippen molar-refractivity contribution in [3.8, 4) is 0 Å². The van der Waals surface area contributed by atoms with Crippen LogP contribution in [-0.4, -0.2) is 53.8 Å². The number of carbonyl (C=O) groups excluding carboxylic acids is 2. The van der Waals surface area contributed by atoms with Crippen LogP contribution in [0, 0.1) is 6.92 Å². The molecule has 30 heavy (non-hydrogen) atoms. The molecule has 1 amide bonds. The van der Waals surface area contributed by atoms with Crippen molar-refractivity contribution in [1.82, 2.24) is 9.80 Å². The van der Waals surface area contributed by atoms with Gasteiger partial charge in [-0.25, -0.2) is 0 Å². The molecule has 1 aliphatic rings. The quantitative estimate of drug-likeness (QED) is 0.382. The van der Waals surface area contributed by atoms with Gasteiger partial charge in [0, 0.05) is 23.5 Å². The Morgan fingerprint density at radius 2 is 1.83 bits per heavy atom. The smallest absolute Gasteiger partial charge is 0.295 e. The Bertz CT molecular complexity index is 1160. The highest BCUT2D eigenvalue weighted by molar-refractivity contribution is 7.10. The summed E-state index contributed by atoms with van der Waals surface area (Å²) >= 11 is 1.50. The zero-order valence-corrected chi connectivity index (χ0v) is 18.1. The Morgan fingerprint density at radius 3 is 2.50 bits per heavy atom. The lowest BCUT2D eigenvalue weighted by molar-refractivity contribution is -0.140. The highest BCUT2D eigenvalue weighted by Gasteiger charge is 2.46. The van der Waals surface area contributed by atoms with Crippen LogP contribution in [0.2, 0.25) is 0 Å². The summed E-state index contributed by atoms with van der Waals surface area (Å²) in [7, 11) is 3.86. The first-order valence-corrected chi connectivity index (χ1v) is 10.7. The molecule has 0 bridgehead atoms. The van der Waals surface area contributed by atoms with E-state index in [4.69, 9.17) is 0 Å². The van der Waals surface area contributed by atoms with Crippen molar-refractivity contribution < 1.29 is 14.7 Å². The number of benzene rings is 2. The third-order valence-electron chi connectivity index (χ3n) is 5.50. The van der Waals surface area contributed by atoms with Gasteiger partial charge in [-0.15, -0.1) is 11.3 Å². The van der Waals surface area contributed by atoms with E-state index in [-0.39, 0.29) is 11.3 Å². The number of likely N-dealkylation sites (tertiary alicyclic amines) is 1. The summed E-state index contributed by atoms with van der Waals surface area (Å²) in [5, 5.41) is 15.2. The molecule has 1 fully saturated rings. The van der Waals surface area contributed by atoms with E-state index in [9.17, 15) is 14.7 Å². The summed E-state index contributed by atoms with van der Waals surface area (Å²) in [5.41, 5.74) is 1.71. The number of Topliss-reactive ketones (excluding diaryl/α,β-unsaturated/α-hetero) is 1. The number of aliphatic hydroxyl groups excluding tert-OH is 1. The van der Waals surface area contributed by atoms with E-state index in [1.807, 2.05) is 73.8 Å². The van der Waals surface area contributed by atoms with Gasteiger partial charge in [-0.3, -0.25) is 9.59 Å². The van der Waals surface area contributed by atoms with Crippen LogP contribution in [0.15, 0.2) is 59.5 Å². The van der Waals surface area contributed by atoms with Gasteiger partial charge in [0.25, 0.3) is 11.7 Å². The van der Waals surface area contributed by atoms with Gasteiger partial charge in [0.05, 0.1) is 11.6 Å². The summed E-state index contributed by atoms with van der Waals surface area (Å²) in [4.78, 5) is 30.4. The number of hydrogen-bond donors (Lipinski definition) is 1. The molecule has 1 unspecified atom stereocenters. The average Bonchev–Trinajstić information content (AvgIpc) is 3.26. The molecule has 0 aliphatic carbocycles. The number of amides is 1. The molecule has 1 saturated heterocycles. The molecule has 5 nitrogen and oxygen atoms in total. The number of fused-ring (bicyclic) bond motifs is 1. The number of likely N-dealkylation sites (N-methyl/N-ethyl adjacent to an activating group) is 1. The zero-order valence-electron chi connectivity index (χ0n) is 17.3. The second-order valence-electron chi connectivity index (χ2n) is 7.83. The molecular weight excluding hydrogens is 396 g/mol. The van der Waals surface area contributed by atoms with E-state index in [2.05, 4.69) is 0 Å². The van der Waals surface area contributed by atoms with Crippen molar-refractivity contribution in [2.45, 2.75) is 13.0 Å². The monoisotopic (exact) mass is 420 g/mol. The van der Waals surface area contributed by atoms with Crippen molar-refractivity contribution >= 4 is 39.6 Å². The molecule has 0 spiro atoms. The van der Waals surface area contributed by atoms with Crippen LogP contribution in [0.5, 0.6) is 0 Å². The fourth-order valence-corrected chi connectivity index (χ4v) is 4.89. The first-order chi connectivity index (χ1) is 14.4. The predicted molar refractivity (Wildman–Crippen MR) is 121 cm³/mol. The van der Waals surface area contributed by atoms with E-state index in [0.29, 0.717) is 18.7 Å². The predicted octanol–water partition coefficient (Wildman–Crippen LogP) is 4.19. The molecule has 0 saturated carbocycles. The fourth-order valence-electron chi connectivity index (χ4n) is 3.85. The van der Waals surface area contributed by atoms with Crippen LogP contribution in [0.3, 0.4) is 0 Å². The first-order valence-electron chi connectivity index (χ1n) is 9.85. The lowest BCUT2D eigenvalue weighted by Gasteiger charge is -2.26. The normalized spacial score (nSPS) is 18.7. The highest BCUT2D eigenvalue weighted by Crippen LogP contribution is 2.42. The van der Waals surface area contributed by atoms with Crippen molar-refractivity contribution in [3.63, 3.8) is 0 Å². The second kappa shape index (κ2) is 8.05. The zero-order chi connectivity index (χ0) is 21.4. The number of rotatable bonds is 5. The van der Waals surface area contributed by atoms with Crippen molar-refractivity contribution in [2.75, 3.05) is 27.2 Å². The van der Waals surface area contributed by atoms with Gasteiger partial charge >= 0.3 is 0 Å². The maximum Gasteiger partial charge on any atom is 0.295 e. The maximum atomic E-state index is 13.0. The summed E-state index contributed by atoms with van der Waals surface area (Å²) in [6, 6.07) is 14.8. The summed E-state index contributed by atoms with van der Waals surface area (Å²) in [6.07, 6.45) is 0. The lowest BCUT2D eigenvalue weighted by Crippen LogP contribution is -2.35. The Hall–Kier alpha value is -2.96. The third-order valence-corrected chi connectivity index (χ3v) is 6.57. The van der Waals surface area contributed by atoms with Crippen LogP contribution >= 0.6 is 11.3 Å². The van der Waals surface area contributed by atoms with E-state index in [1.165, 1.54) is 11.3 Å². The molecule has 4 rings (SSSR count). The minimum Gasteiger partial charge on any atom is -0.507 e. The van der Waals surface area contributed by atoms with Crippen LogP contribution in [0.4, 0.5) is 0 Å². The molecule has 1 N–H and O–H groups in total. The minimum atomic E-state index is -0.628. The van der Waals surface area contributed by atoms with E-state index in [1.54, 1.807) is 11.0 Å². The SMILES string of the molecule is Cc1ccsc1C1/C(=C(/O)c2ccc3ccccc3c2)C(=O)C(=O)N1CCN(C)C. The second-order valence-corrected chi connectivity index (χ2v) is 8.77. The number of aryl methyl sites for hydroxylation is 1. The standard InChI is InChI=1S/C24H24N2O3S/c1-15-10-13-30-23(15)20-19(22(28)24(29)26(20)12-11-25(2)3)21(27)18-9-8-16-6-4-5-7-17(16)14-18/h4-10,13-14,20,27H,11-12H2,1-3H3/b21-19-. The largest absolute Gasteiger partial charge is 0.507 e. The van der Waals surface area contributed by atoms with Gasteiger partial charge in [-0.1, -0.05) is 36.4 Å². The lowest BCUT2D eigenvalue weighted by atomic mass is 9.97. The molecule has 154 valence electrons. The van der Waals surface area contributed by atoms with Crippen molar-refractivity contribution in [1.29, 1.82) is 0 Å². The third kappa shape index (κ3) is 3.53. The van der Waals surface area contributed by atoms with Gasteiger partial charge in [-0.2, -0.15) is 0 Å². The van der Waals surface area contributed by atoms with Gasteiger partial charge in [0.15, 0.2) is 0 Å². The number of aliphatic hydroxyl groups is 1. The highest BCUT2D eigenvalue weighted by atomic mass is 32.1. The number of nitrogens with zero attached hydrogens (tertiary/aromatic N) is 2. The topological polar surface area (TPSA) is 60.9 Å². The molecule has 1 aliphatic heterocycles. The summed E-state index contributed by atoms with van der Waals surface area (Å²) in [6.45, 7) is 3.01. The summed E-state index contributed by atoms with van der Waals surface area (Å²) < 4.78 is 0. The summed E-state index contributed by atoms with van der Waals surface area (Å²) in [5.74, 6) is -1.31.